The molecule has 0 saturated carbocycles. The van der Waals surface area contributed by atoms with Gasteiger partial charge in [-0.1, -0.05) is 18.2 Å². The number of nitro groups is 1. The molecule has 3 rings (SSSR count). The minimum absolute atomic E-state index is 0.0115. The lowest BCUT2D eigenvalue weighted by Gasteiger charge is -2.12. The van der Waals surface area contributed by atoms with E-state index in [2.05, 4.69) is 10.1 Å². The zero-order valence-electron chi connectivity index (χ0n) is 14.6. The lowest BCUT2D eigenvalue weighted by molar-refractivity contribution is -0.389. The summed E-state index contributed by atoms with van der Waals surface area (Å²) in [6.45, 7) is 3.35. The number of aryl methyl sites for hydroxylation is 2. The summed E-state index contributed by atoms with van der Waals surface area (Å²) in [5.74, 6) is 0.165. The normalized spacial score (nSPS) is 10.4. The second-order valence-electron chi connectivity index (χ2n) is 5.85. The highest BCUT2D eigenvalue weighted by Crippen LogP contribution is 2.31. The molecule has 0 radical (unpaired) electrons. The summed E-state index contributed by atoms with van der Waals surface area (Å²) in [6.07, 6.45) is 0. The first kappa shape index (κ1) is 17.9. The molecule has 9 heteroatoms. The van der Waals surface area contributed by atoms with Gasteiger partial charge in [0.2, 0.25) is 6.73 Å². The molecule has 1 N–H and O–H groups in total. The molecule has 3 aromatic rings. The van der Waals surface area contributed by atoms with Gasteiger partial charge in [0.05, 0.1) is 16.9 Å². The minimum atomic E-state index is -0.574. The second-order valence-corrected chi connectivity index (χ2v) is 5.85. The molecule has 0 saturated heterocycles. The summed E-state index contributed by atoms with van der Waals surface area (Å²) in [5, 5.41) is 24.1. The van der Waals surface area contributed by atoms with Gasteiger partial charge in [0.1, 0.15) is 17.4 Å². The highest BCUT2D eigenvalue weighted by molar-refractivity contribution is 5.75. The van der Waals surface area contributed by atoms with E-state index in [1.54, 1.807) is 44.2 Å². The van der Waals surface area contributed by atoms with Gasteiger partial charge in [0, 0.05) is 16.8 Å². The van der Waals surface area contributed by atoms with Crippen molar-refractivity contribution in [3.8, 4) is 22.9 Å². The van der Waals surface area contributed by atoms with Crippen molar-refractivity contribution in [3.05, 3.63) is 73.8 Å². The Morgan fingerprint density at radius 2 is 2.04 bits per heavy atom. The Morgan fingerprint density at radius 1 is 1.30 bits per heavy atom. The predicted molar refractivity (Wildman–Crippen MR) is 96.2 cm³/mol. The van der Waals surface area contributed by atoms with Gasteiger partial charge in [-0.15, -0.1) is 4.68 Å². The van der Waals surface area contributed by atoms with E-state index in [0.717, 1.165) is 0 Å². The summed E-state index contributed by atoms with van der Waals surface area (Å²) in [4.78, 5) is 24.9. The third kappa shape index (κ3) is 3.55. The Bertz CT molecular complexity index is 1120. The molecule has 0 fully saturated rings. The lowest BCUT2D eigenvalue weighted by atomic mass is 10.0. The number of pyridine rings is 1. The number of ether oxygens (including phenoxy) is 1. The van der Waals surface area contributed by atoms with Crippen LogP contribution in [0.4, 0.5) is 5.82 Å². The van der Waals surface area contributed by atoms with Crippen LogP contribution in [-0.4, -0.2) is 19.7 Å². The molecule has 0 amide bonds. The molecular formula is C18H15N5O4. The van der Waals surface area contributed by atoms with Gasteiger partial charge in [0.15, 0.2) is 0 Å². The molecule has 2 aromatic heterocycles. The molecule has 0 aliphatic rings. The number of hydrogen-bond donors (Lipinski definition) is 1. The number of benzene rings is 1. The minimum Gasteiger partial charge on any atom is -0.469 e. The fraction of sp³-hybridized carbons (Fsp3) is 0.167. The second kappa shape index (κ2) is 7.13. The summed E-state index contributed by atoms with van der Waals surface area (Å²) < 4.78 is 7.15. The van der Waals surface area contributed by atoms with Crippen LogP contribution in [0.25, 0.3) is 11.1 Å². The number of aromatic amines is 1. The van der Waals surface area contributed by atoms with E-state index in [1.165, 1.54) is 10.7 Å². The largest absolute Gasteiger partial charge is 0.469 e. The fourth-order valence-corrected chi connectivity index (χ4v) is 2.67. The Morgan fingerprint density at radius 3 is 2.70 bits per heavy atom. The summed E-state index contributed by atoms with van der Waals surface area (Å²) >= 11 is 0. The van der Waals surface area contributed by atoms with Crippen molar-refractivity contribution in [1.82, 2.24) is 14.8 Å². The van der Waals surface area contributed by atoms with Crippen LogP contribution in [-0.2, 0) is 6.73 Å². The molecule has 27 heavy (non-hydrogen) atoms. The number of nitriles is 1. The van der Waals surface area contributed by atoms with Gasteiger partial charge < -0.3 is 19.8 Å². The van der Waals surface area contributed by atoms with E-state index in [1.807, 2.05) is 6.07 Å². The highest BCUT2D eigenvalue weighted by atomic mass is 16.6. The molecule has 0 spiro atoms. The number of rotatable bonds is 5. The van der Waals surface area contributed by atoms with Gasteiger partial charge in [0.25, 0.3) is 5.56 Å². The molecule has 2 heterocycles. The molecular weight excluding hydrogens is 350 g/mol. The van der Waals surface area contributed by atoms with Crippen LogP contribution < -0.4 is 10.3 Å². The highest BCUT2D eigenvalue weighted by Gasteiger charge is 2.17. The van der Waals surface area contributed by atoms with Gasteiger partial charge in [-0.2, -0.15) is 5.26 Å². The van der Waals surface area contributed by atoms with Gasteiger partial charge >= 0.3 is 5.82 Å². The molecule has 0 bridgehead atoms. The van der Waals surface area contributed by atoms with Crippen molar-refractivity contribution in [2.24, 2.45) is 0 Å². The number of hydrogen-bond acceptors (Lipinski definition) is 6. The average Bonchev–Trinajstić information content (AvgIpc) is 3.01. The Balaban J connectivity index is 1.98. The Hall–Kier alpha value is -3.93. The van der Waals surface area contributed by atoms with Gasteiger partial charge in [-0.05, 0) is 30.9 Å². The van der Waals surface area contributed by atoms with E-state index in [9.17, 15) is 20.2 Å². The SMILES string of the molecule is Cc1cc(-c2ccccc2OCn2nc([N+](=O)[O-])cc2C)c(C#N)c(=O)[nH]1. The fourth-order valence-electron chi connectivity index (χ4n) is 2.67. The number of nitrogens with one attached hydrogen (secondary N) is 1. The molecule has 9 nitrogen and oxygen atoms in total. The molecule has 1 aromatic carbocycles. The number of para-hydroxylation sites is 1. The monoisotopic (exact) mass is 365 g/mol. The van der Waals surface area contributed by atoms with Crippen LogP contribution in [0.2, 0.25) is 0 Å². The first-order valence-electron chi connectivity index (χ1n) is 7.95. The first-order valence-corrected chi connectivity index (χ1v) is 7.95. The quantitative estimate of drug-likeness (QED) is 0.547. The van der Waals surface area contributed by atoms with Gasteiger partial charge in [-0.25, -0.2) is 0 Å². The topological polar surface area (TPSA) is 127 Å². The van der Waals surface area contributed by atoms with Crippen molar-refractivity contribution in [2.75, 3.05) is 0 Å². The van der Waals surface area contributed by atoms with E-state index in [0.29, 0.717) is 28.3 Å². The third-order valence-electron chi connectivity index (χ3n) is 3.95. The number of nitrogens with zero attached hydrogens (tertiary/aromatic N) is 4. The van der Waals surface area contributed by atoms with E-state index >= 15 is 0 Å². The number of H-pyrrole nitrogens is 1. The Kier molecular flexibility index (Phi) is 4.72. The maximum Gasteiger partial charge on any atom is 0.390 e. The van der Waals surface area contributed by atoms with E-state index in [-0.39, 0.29) is 18.1 Å². The summed E-state index contributed by atoms with van der Waals surface area (Å²) in [5.41, 5.74) is 1.73. The van der Waals surface area contributed by atoms with Crippen molar-refractivity contribution in [1.29, 1.82) is 5.26 Å². The van der Waals surface area contributed by atoms with Crippen LogP contribution in [0, 0.1) is 35.3 Å². The average molecular weight is 365 g/mol. The van der Waals surface area contributed by atoms with Crippen molar-refractivity contribution < 1.29 is 9.66 Å². The van der Waals surface area contributed by atoms with Crippen LogP contribution in [0.3, 0.4) is 0 Å². The first-order chi connectivity index (χ1) is 12.9. The van der Waals surface area contributed by atoms with E-state index < -0.39 is 10.5 Å². The third-order valence-corrected chi connectivity index (χ3v) is 3.95. The maximum atomic E-state index is 12.1. The van der Waals surface area contributed by atoms with Gasteiger partial charge in [-0.3, -0.25) is 4.79 Å². The lowest BCUT2D eigenvalue weighted by Crippen LogP contribution is -2.13. The summed E-state index contributed by atoms with van der Waals surface area (Å²) in [7, 11) is 0. The summed E-state index contributed by atoms with van der Waals surface area (Å²) in [6, 6.07) is 11.9. The predicted octanol–water partition coefficient (Wildman–Crippen LogP) is 2.67. The Labute approximate surface area is 153 Å². The van der Waals surface area contributed by atoms with Crippen molar-refractivity contribution >= 4 is 5.82 Å². The van der Waals surface area contributed by atoms with Crippen molar-refractivity contribution in [3.63, 3.8) is 0 Å². The molecule has 136 valence electrons. The van der Waals surface area contributed by atoms with Crippen molar-refractivity contribution in [2.45, 2.75) is 20.6 Å². The smallest absolute Gasteiger partial charge is 0.390 e. The van der Waals surface area contributed by atoms with Crippen LogP contribution >= 0.6 is 0 Å². The standard InChI is InChI=1S/C18H15N5O4/c1-11-7-14(15(9-19)18(24)20-11)13-5-3-4-6-16(13)27-10-22-12(2)8-17(21-22)23(25)26/h3-8H,10H2,1-2H3,(H,20,24). The maximum absolute atomic E-state index is 12.1. The molecule has 0 aliphatic carbocycles. The van der Waals surface area contributed by atoms with E-state index in [4.69, 9.17) is 4.74 Å². The van der Waals surface area contributed by atoms with Crippen LogP contribution in [0.15, 0.2) is 41.2 Å². The number of aromatic nitrogens is 3. The molecule has 0 unspecified atom stereocenters. The van der Waals surface area contributed by atoms with Crippen LogP contribution in [0.5, 0.6) is 5.75 Å². The molecule has 0 aliphatic heterocycles. The van der Waals surface area contributed by atoms with Crippen LogP contribution in [0.1, 0.15) is 17.0 Å². The zero-order chi connectivity index (χ0) is 19.6. The molecule has 0 atom stereocenters. The zero-order valence-corrected chi connectivity index (χ0v) is 14.6.